The molecule has 0 saturated heterocycles. The number of ether oxygens (including phenoxy) is 4. The van der Waals surface area contributed by atoms with Gasteiger partial charge in [0.1, 0.15) is 23.7 Å². The molecule has 0 aliphatic carbocycles. The Balaban J connectivity index is 1.81. The van der Waals surface area contributed by atoms with Gasteiger partial charge < -0.3 is 18.9 Å². The number of benzene rings is 2. The van der Waals surface area contributed by atoms with Crippen LogP contribution in [0.3, 0.4) is 0 Å². The molecular weight excluding hydrogens is 432 g/mol. The standard InChI is InChI=1S/C28H38O6/c1-19(2)15-17-31-25-11-7-23(8-12-25)27(29)33-21(5)22(6)34-28(30)24-9-13-26(14-10-24)32-18-16-20(3)4/h7-14,19-22H,15-18H2,1-6H3. The third-order valence-electron chi connectivity index (χ3n) is 5.35. The molecule has 2 aromatic rings. The second-order valence-corrected chi connectivity index (χ2v) is 9.33. The smallest absolute Gasteiger partial charge is 0.338 e. The largest absolute Gasteiger partial charge is 0.494 e. The molecule has 2 atom stereocenters. The lowest BCUT2D eigenvalue weighted by atomic mass is 10.1. The van der Waals surface area contributed by atoms with Crippen molar-refractivity contribution in [3.05, 3.63) is 59.7 Å². The SMILES string of the molecule is CC(C)CCOc1ccc(C(=O)OC(C)C(C)OC(=O)c2ccc(OCCC(C)C)cc2)cc1. The fraction of sp³-hybridized carbons (Fsp3) is 0.500. The van der Waals surface area contributed by atoms with E-state index in [2.05, 4.69) is 27.7 Å². The second-order valence-electron chi connectivity index (χ2n) is 9.33. The first-order valence-electron chi connectivity index (χ1n) is 12.0. The molecule has 0 spiro atoms. The summed E-state index contributed by atoms with van der Waals surface area (Å²) in [6.07, 6.45) is 0.705. The van der Waals surface area contributed by atoms with E-state index in [-0.39, 0.29) is 0 Å². The molecule has 2 rings (SSSR count). The summed E-state index contributed by atoms with van der Waals surface area (Å²) in [5.74, 6) is 1.60. The van der Waals surface area contributed by atoms with Crippen LogP contribution >= 0.6 is 0 Å². The maximum atomic E-state index is 12.5. The van der Waals surface area contributed by atoms with Crippen molar-refractivity contribution < 1.29 is 28.5 Å². The Morgan fingerprint density at radius 3 is 1.21 bits per heavy atom. The van der Waals surface area contributed by atoms with Crippen molar-refractivity contribution >= 4 is 11.9 Å². The minimum Gasteiger partial charge on any atom is -0.494 e. The average molecular weight is 471 g/mol. The van der Waals surface area contributed by atoms with Crippen LogP contribution in [0.2, 0.25) is 0 Å². The van der Waals surface area contributed by atoms with Crippen LogP contribution in [0.4, 0.5) is 0 Å². The molecule has 0 heterocycles. The number of rotatable bonds is 13. The van der Waals surface area contributed by atoms with Gasteiger partial charge in [-0.25, -0.2) is 9.59 Å². The van der Waals surface area contributed by atoms with Gasteiger partial charge in [-0.05, 0) is 87.1 Å². The zero-order chi connectivity index (χ0) is 25.1. The Labute approximate surface area is 203 Å². The summed E-state index contributed by atoms with van der Waals surface area (Å²) in [6.45, 7) is 13.2. The molecule has 0 saturated carbocycles. The third-order valence-corrected chi connectivity index (χ3v) is 5.35. The first-order valence-corrected chi connectivity index (χ1v) is 12.0. The minimum absolute atomic E-state index is 0.412. The average Bonchev–Trinajstić information content (AvgIpc) is 2.79. The molecule has 6 heteroatoms. The number of carbonyl (C=O) groups is 2. The van der Waals surface area contributed by atoms with Gasteiger partial charge in [0, 0.05) is 0 Å². The molecule has 0 bridgehead atoms. The summed E-state index contributed by atoms with van der Waals surface area (Å²) in [5.41, 5.74) is 0.823. The minimum atomic E-state index is -0.614. The number of hydrogen-bond acceptors (Lipinski definition) is 6. The summed E-state index contributed by atoms with van der Waals surface area (Å²) in [7, 11) is 0. The Hall–Kier alpha value is -3.02. The molecule has 0 radical (unpaired) electrons. The fourth-order valence-electron chi connectivity index (χ4n) is 2.86. The van der Waals surface area contributed by atoms with Gasteiger partial charge in [-0.1, -0.05) is 27.7 Å². The van der Waals surface area contributed by atoms with Gasteiger partial charge in [-0.15, -0.1) is 0 Å². The molecule has 0 fully saturated rings. The Bertz CT molecular complexity index is 811. The highest BCUT2D eigenvalue weighted by Gasteiger charge is 2.22. The summed E-state index contributed by atoms with van der Waals surface area (Å²) >= 11 is 0. The molecule has 0 aliphatic heterocycles. The van der Waals surface area contributed by atoms with Crippen molar-refractivity contribution in [2.75, 3.05) is 13.2 Å². The van der Waals surface area contributed by atoms with E-state index in [4.69, 9.17) is 18.9 Å². The molecule has 186 valence electrons. The lowest BCUT2D eigenvalue weighted by Crippen LogP contribution is -2.30. The van der Waals surface area contributed by atoms with Gasteiger partial charge in [-0.3, -0.25) is 0 Å². The van der Waals surface area contributed by atoms with Crippen molar-refractivity contribution in [3.8, 4) is 11.5 Å². The monoisotopic (exact) mass is 470 g/mol. The van der Waals surface area contributed by atoms with E-state index in [1.165, 1.54) is 0 Å². The van der Waals surface area contributed by atoms with Crippen LogP contribution in [0.1, 0.15) is 75.1 Å². The Morgan fingerprint density at radius 2 is 0.912 bits per heavy atom. The second kappa shape index (κ2) is 13.6. The number of hydrogen-bond donors (Lipinski definition) is 0. The van der Waals surface area contributed by atoms with E-state index in [1.807, 2.05) is 0 Å². The van der Waals surface area contributed by atoms with Crippen molar-refractivity contribution in [2.45, 2.75) is 66.6 Å². The molecule has 0 amide bonds. The van der Waals surface area contributed by atoms with Crippen LogP contribution in [-0.4, -0.2) is 37.4 Å². The normalized spacial score (nSPS) is 12.8. The van der Waals surface area contributed by atoms with Crippen LogP contribution in [0.25, 0.3) is 0 Å². The van der Waals surface area contributed by atoms with Crippen molar-refractivity contribution in [2.24, 2.45) is 11.8 Å². The number of esters is 2. The van der Waals surface area contributed by atoms with E-state index in [1.54, 1.807) is 62.4 Å². The van der Waals surface area contributed by atoms with Crippen LogP contribution in [0.5, 0.6) is 11.5 Å². The Morgan fingerprint density at radius 1 is 0.588 bits per heavy atom. The third kappa shape index (κ3) is 9.46. The highest BCUT2D eigenvalue weighted by Crippen LogP contribution is 2.18. The first kappa shape index (κ1) is 27.2. The fourth-order valence-corrected chi connectivity index (χ4v) is 2.86. The van der Waals surface area contributed by atoms with E-state index in [0.717, 1.165) is 12.8 Å². The zero-order valence-corrected chi connectivity index (χ0v) is 21.2. The quantitative estimate of drug-likeness (QED) is 0.319. The molecule has 0 aliphatic rings. The van der Waals surface area contributed by atoms with E-state index in [0.29, 0.717) is 47.7 Å². The number of carbonyl (C=O) groups excluding carboxylic acids is 2. The summed E-state index contributed by atoms with van der Waals surface area (Å²) in [6, 6.07) is 13.7. The van der Waals surface area contributed by atoms with Gasteiger partial charge >= 0.3 is 11.9 Å². The van der Waals surface area contributed by atoms with E-state index < -0.39 is 24.1 Å². The van der Waals surface area contributed by atoms with Crippen LogP contribution in [0.15, 0.2) is 48.5 Å². The van der Waals surface area contributed by atoms with Crippen molar-refractivity contribution in [1.29, 1.82) is 0 Å². The predicted molar refractivity (Wildman–Crippen MR) is 133 cm³/mol. The highest BCUT2D eigenvalue weighted by atomic mass is 16.6. The molecule has 6 nitrogen and oxygen atoms in total. The van der Waals surface area contributed by atoms with Crippen molar-refractivity contribution in [3.63, 3.8) is 0 Å². The maximum absolute atomic E-state index is 12.5. The van der Waals surface area contributed by atoms with Gasteiger partial charge in [0.25, 0.3) is 0 Å². The maximum Gasteiger partial charge on any atom is 0.338 e. The van der Waals surface area contributed by atoms with Gasteiger partial charge in [0.05, 0.1) is 24.3 Å². The zero-order valence-electron chi connectivity index (χ0n) is 21.2. The lowest BCUT2D eigenvalue weighted by molar-refractivity contribution is -0.0239. The van der Waals surface area contributed by atoms with E-state index >= 15 is 0 Å². The molecule has 2 unspecified atom stereocenters. The summed E-state index contributed by atoms with van der Waals surface area (Å²) in [4.78, 5) is 25.0. The predicted octanol–water partition coefficient (Wildman–Crippen LogP) is 6.33. The lowest BCUT2D eigenvalue weighted by Gasteiger charge is -2.21. The van der Waals surface area contributed by atoms with Gasteiger partial charge in [0.15, 0.2) is 0 Å². The van der Waals surface area contributed by atoms with Crippen molar-refractivity contribution in [1.82, 2.24) is 0 Å². The van der Waals surface area contributed by atoms with Crippen LogP contribution in [-0.2, 0) is 9.47 Å². The van der Waals surface area contributed by atoms with Crippen LogP contribution in [0, 0.1) is 11.8 Å². The summed E-state index contributed by atoms with van der Waals surface area (Å²) < 4.78 is 22.3. The van der Waals surface area contributed by atoms with E-state index in [9.17, 15) is 9.59 Å². The molecule has 34 heavy (non-hydrogen) atoms. The molecule has 2 aromatic carbocycles. The van der Waals surface area contributed by atoms with Gasteiger partial charge in [0.2, 0.25) is 0 Å². The molecule has 0 N–H and O–H groups in total. The molecular formula is C28H38O6. The first-order chi connectivity index (χ1) is 16.2. The molecule has 0 aromatic heterocycles. The Kier molecular flexibility index (Phi) is 10.9. The summed E-state index contributed by atoms with van der Waals surface area (Å²) in [5, 5.41) is 0. The topological polar surface area (TPSA) is 71.1 Å². The van der Waals surface area contributed by atoms with Gasteiger partial charge in [-0.2, -0.15) is 0 Å². The van der Waals surface area contributed by atoms with Crippen LogP contribution < -0.4 is 9.47 Å². The highest BCUT2D eigenvalue weighted by molar-refractivity contribution is 5.90.